The molecule has 0 aliphatic carbocycles. The number of rotatable bonds is 13. The smallest absolute Gasteiger partial charge is 0.264 e. The van der Waals surface area contributed by atoms with E-state index >= 15 is 0 Å². The van der Waals surface area contributed by atoms with Gasteiger partial charge in [-0.25, -0.2) is 8.42 Å². The van der Waals surface area contributed by atoms with E-state index in [0.29, 0.717) is 38.7 Å². The Balaban J connectivity index is 2.08. The van der Waals surface area contributed by atoms with Crippen molar-refractivity contribution < 1.29 is 18.0 Å². The zero-order valence-corrected chi connectivity index (χ0v) is 27.2. The summed E-state index contributed by atoms with van der Waals surface area (Å²) >= 11 is 16.3. The number of nitrogens with zero attached hydrogens (tertiary/aromatic N) is 2. The number of benzene rings is 3. The standard InChI is InChI=1S/C30H34BrCl2N3O4S/c1-4-6-17-34-30(38)28(5-2)35(19-25-26(32)11-8-12-27(25)33)29(37)20-36(23-10-7-9-22(31)18-23)41(39,40)24-15-13-21(3)14-16-24/h7-16,18,28H,4-6,17,19-20H2,1-3H3,(H,34,38)/t28-/m1/s1. The van der Waals surface area contributed by atoms with Crippen LogP contribution in [-0.4, -0.2) is 44.3 Å². The predicted octanol–water partition coefficient (Wildman–Crippen LogP) is 6.98. The van der Waals surface area contributed by atoms with Crippen LogP contribution in [0.3, 0.4) is 0 Å². The highest BCUT2D eigenvalue weighted by Gasteiger charge is 2.34. The summed E-state index contributed by atoms with van der Waals surface area (Å²) in [4.78, 5) is 28.9. The summed E-state index contributed by atoms with van der Waals surface area (Å²) in [7, 11) is -4.16. The second-order valence-corrected chi connectivity index (χ2v) is 13.2. The second-order valence-electron chi connectivity index (χ2n) is 9.60. The molecule has 7 nitrogen and oxygen atoms in total. The zero-order chi connectivity index (χ0) is 30.2. The molecule has 0 heterocycles. The number of halogens is 3. The molecule has 1 atom stereocenters. The number of anilines is 1. The molecule has 0 radical (unpaired) electrons. The summed E-state index contributed by atoms with van der Waals surface area (Å²) < 4.78 is 29.6. The molecule has 0 saturated carbocycles. The van der Waals surface area contributed by atoms with Crippen LogP contribution < -0.4 is 9.62 Å². The summed E-state index contributed by atoms with van der Waals surface area (Å²) in [6, 6.07) is 17.3. The summed E-state index contributed by atoms with van der Waals surface area (Å²) in [6.45, 7) is 5.52. The van der Waals surface area contributed by atoms with Crippen molar-refractivity contribution in [3.8, 4) is 0 Å². The van der Waals surface area contributed by atoms with E-state index in [2.05, 4.69) is 21.2 Å². The Morgan fingerprint density at radius 1 is 0.976 bits per heavy atom. The number of carbonyl (C=O) groups excluding carboxylic acids is 2. The van der Waals surface area contributed by atoms with Crippen LogP contribution >= 0.6 is 39.1 Å². The number of hydrogen-bond acceptors (Lipinski definition) is 4. The molecule has 0 aromatic heterocycles. The van der Waals surface area contributed by atoms with Crippen molar-refractivity contribution in [3.05, 3.63) is 92.4 Å². The number of carbonyl (C=O) groups is 2. The van der Waals surface area contributed by atoms with Crippen LogP contribution in [0.5, 0.6) is 0 Å². The molecule has 0 aliphatic heterocycles. The highest BCUT2D eigenvalue weighted by Crippen LogP contribution is 2.29. The largest absolute Gasteiger partial charge is 0.354 e. The van der Waals surface area contributed by atoms with Gasteiger partial charge in [0.25, 0.3) is 10.0 Å². The molecule has 0 bridgehead atoms. The molecule has 41 heavy (non-hydrogen) atoms. The van der Waals surface area contributed by atoms with E-state index in [9.17, 15) is 18.0 Å². The van der Waals surface area contributed by atoms with Crippen molar-refractivity contribution in [2.45, 2.75) is 57.5 Å². The van der Waals surface area contributed by atoms with E-state index in [1.165, 1.54) is 17.0 Å². The van der Waals surface area contributed by atoms with Gasteiger partial charge in [0.2, 0.25) is 11.8 Å². The lowest BCUT2D eigenvalue weighted by Crippen LogP contribution is -2.52. The molecule has 3 rings (SSSR count). The minimum atomic E-state index is -4.16. The summed E-state index contributed by atoms with van der Waals surface area (Å²) in [5.74, 6) is -0.901. The molecule has 0 unspecified atom stereocenters. The first kappa shape index (κ1) is 32.9. The molecule has 0 spiro atoms. The third kappa shape index (κ3) is 8.47. The van der Waals surface area contributed by atoms with Gasteiger partial charge in [0, 0.05) is 33.2 Å². The Morgan fingerprint density at radius 2 is 1.61 bits per heavy atom. The Hall–Kier alpha value is -2.59. The Morgan fingerprint density at radius 3 is 2.20 bits per heavy atom. The van der Waals surface area contributed by atoms with E-state index in [-0.39, 0.29) is 17.3 Å². The summed E-state index contributed by atoms with van der Waals surface area (Å²) in [5, 5.41) is 3.58. The van der Waals surface area contributed by atoms with Crippen molar-refractivity contribution in [2.75, 3.05) is 17.4 Å². The fourth-order valence-corrected chi connectivity index (χ4v) is 6.59. The zero-order valence-electron chi connectivity index (χ0n) is 23.2. The Labute approximate surface area is 261 Å². The molecule has 2 amide bonds. The Bertz CT molecular complexity index is 1450. The topological polar surface area (TPSA) is 86.8 Å². The fourth-order valence-electron chi connectivity index (χ4n) is 4.28. The molecule has 1 N–H and O–H groups in total. The van der Waals surface area contributed by atoms with E-state index in [4.69, 9.17) is 23.2 Å². The van der Waals surface area contributed by atoms with Crippen LogP contribution in [0.1, 0.15) is 44.2 Å². The van der Waals surface area contributed by atoms with E-state index in [1.54, 1.807) is 61.5 Å². The van der Waals surface area contributed by atoms with Crippen LogP contribution in [0.25, 0.3) is 0 Å². The predicted molar refractivity (Wildman–Crippen MR) is 169 cm³/mol. The fraction of sp³-hybridized carbons (Fsp3) is 0.333. The molecule has 0 aliphatic rings. The van der Waals surface area contributed by atoms with Crippen LogP contribution in [0.15, 0.2) is 76.1 Å². The van der Waals surface area contributed by atoms with Gasteiger partial charge in [-0.2, -0.15) is 0 Å². The maximum absolute atomic E-state index is 14.1. The Kier molecular flexibility index (Phi) is 12.1. The highest BCUT2D eigenvalue weighted by molar-refractivity contribution is 9.10. The second kappa shape index (κ2) is 15.0. The number of sulfonamides is 1. The van der Waals surface area contributed by atoms with E-state index in [0.717, 1.165) is 22.7 Å². The molecule has 11 heteroatoms. The first-order valence-electron chi connectivity index (χ1n) is 13.3. The van der Waals surface area contributed by atoms with Crippen LogP contribution in [-0.2, 0) is 26.2 Å². The van der Waals surface area contributed by atoms with E-state index in [1.807, 2.05) is 13.8 Å². The van der Waals surface area contributed by atoms with Gasteiger partial charge < -0.3 is 10.2 Å². The lowest BCUT2D eigenvalue weighted by atomic mass is 10.1. The monoisotopic (exact) mass is 681 g/mol. The van der Waals surface area contributed by atoms with Gasteiger partial charge in [0.1, 0.15) is 12.6 Å². The highest BCUT2D eigenvalue weighted by atomic mass is 79.9. The van der Waals surface area contributed by atoms with E-state index < -0.39 is 28.5 Å². The van der Waals surface area contributed by atoms with Crippen LogP contribution in [0, 0.1) is 6.92 Å². The van der Waals surface area contributed by atoms with Gasteiger partial charge in [0.15, 0.2) is 0 Å². The maximum atomic E-state index is 14.1. The third-order valence-corrected chi connectivity index (χ3v) is 9.58. The summed E-state index contributed by atoms with van der Waals surface area (Å²) in [5.41, 5.74) is 1.67. The molecular formula is C30H34BrCl2N3O4S. The first-order valence-corrected chi connectivity index (χ1v) is 16.3. The number of aryl methyl sites for hydroxylation is 1. The van der Waals surface area contributed by atoms with Crippen LogP contribution in [0.4, 0.5) is 5.69 Å². The van der Waals surface area contributed by atoms with Crippen molar-refractivity contribution in [1.82, 2.24) is 10.2 Å². The summed E-state index contributed by atoms with van der Waals surface area (Å²) in [6.07, 6.45) is 1.98. The van der Waals surface area contributed by atoms with Crippen LogP contribution in [0.2, 0.25) is 10.0 Å². The SMILES string of the molecule is CCCCNC(=O)[C@@H](CC)N(Cc1c(Cl)cccc1Cl)C(=O)CN(c1cccc(Br)c1)S(=O)(=O)c1ccc(C)cc1. The average Bonchev–Trinajstić information content (AvgIpc) is 2.93. The molecule has 220 valence electrons. The quantitative estimate of drug-likeness (QED) is 0.197. The normalized spacial score (nSPS) is 12.0. The third-order valence-electron chi connectivity index (χ3n) is 6.59. The first-order chi connectivity index (χ1) is 19.5. The molecule has 0 fully saturated rings. The van der Waals surface area contributed by atoms with Gasteiger partial charge >= 0.3 is 0 Å². The average molecular weight is 683 g/mol. The van der Waals surface area contributed by atoms with Crippen molar-refractivity contribution in [2.24, 2.45) is 0 Å². The molecular weight excluding hydrogens is 649 g/mol. The van der Waals surface area contributed by atoms with Gasteiger partial charge in [-0.3, -0.25) is 13.9 Å². The van der Waals surface area contributed by atoms with Gasteiger partial charge in [-0.05, 0) is 62.2 Å². The number of nitrogens with one attached hydrogen (secondary N) is 1. The number of amides is 2. The minimum absolute atomic E-state index is 0.0425. The maximum Gasteiger partial charge on any atom is 0.264 e. The van der Waals surface area contributed by atoms with Crippen molar-refractivity contribution in [1.29, 1.82) is 0 Å². The molecule has 3 aromatic carbocycles. The minimum Gasteiger partial charge on any atom is -0.354 e. The number of unbranched alkanes of at least 4 members (excludes halogenated alkanes) is 1. The van der Waals surface area contributed by atoms with Gasteiger partial charge in [0.05, 0.1) is 10.6 Å². The van der Waals surface area contributed by atoms with Gasteiger partial charge in [-0.15, -0.1) is 0 Å². The molecule has 0 saturated heterocycles. The van der Waals surface area contributed by atoms with Gasteiger partial charge in [-0.1, -0.05) is 89.2 Å². The van der Waals surface area contributed by atoms with Crippen molar-refractivity contribution >= 4 is 66.7 Å². The lowest BCUT2D eigenvalue weighted by molar-refractivity contribution is -0.140. The number of hydrogen-bond donors (Lipinski definition) is 1. The van der Waals surface area contributed by atoms with Crippen molar-refractivity contribution in [3.63, 3.8) is 0 Å². The molecule has 3 aromatic rings. The lowest BCUT2D eigenvalue weighted by Gasteiger charge is -2.33.